The van der Waals surface area contributed by atoms with Crippen LogP contribution in [0.4, 0.5) is 0 Å². The van der Waals surface area contributed by atoms with E-state index in [2.05, 4.69) is 27.8 Å². The Bertz CT molecular complexity index is 365. The first-order chi connectivity index (χ1) is 7.69. The molecule has 0 fully saturated rings. The van der Waals surface area contributed by atoms with Crippen molar-refractivity contribution in [2.75, 3.05) is 13.2 Å². The van der Waals surface area contributed by atoms with Gasteiger partial charge in [-0.05, 0) is 35.0 Å². The molecule has 0 radical (unpaired) electrons. The lowest BCUT2D eigenvalue weighted by atomic mass is 10.2. The Morgan fingerprint density at radius 1 is 1.75 bits per heavy atom. The van der Waals surface area contributed by atoms with Gasteiger partial charge in [-0.2, -0.15) is 0 Å². The molecule has 1 atom stereocenters. The fourth-order valence-electron chi connectivity index (χ4n) is 1.21. The van der Waals surface area contributed by atoms with Crippen LogP contribution in [0.1, 0.15) is 17.8 Å². The van der Waals surface area contributed by atoms with E-state index in [4.69, 9.17) is 4.74 Å². The van der Waals surface area contributed by atoms with Crippen molar-refractivity contribution in [1.82, 2.24) is 5.32 Å². The number of carbonyl (C=O) groups excluding carboxylic acids is 1. The molecule has 1 aromatic heterocycles. The topological polar surface area (TPSA) is 38.3 Å². The molecular formula is C11H14BrNO2S. The molecule has 0 amide bonds. The van der Waals surface area contributed by atoms with Gasteiger partial charge in [-0.1, -0.05) is 6.08 Å². The van der Waals surface area contributed by atoms with Crippen molar-refractivity contribution in [2.24, 2.45) is 0 Å². The summed E-state index contributed by atoms with van der Waals surface area (Å²) in [7, 11) is 0. The highest BCUT2D eigenvalue weighted by Crippen LogP contribution is 2.28. The fourth-order valence-corrected chi connectivity index (χ4v) is 2.70. The standard InChI is InChI=1S/C11H14BrNO2S/c1-3-7-13-10(11(14)15-4-2)8-5-6-9(12)16-8/h3,5-6,10,13H,1,4,7H2,2H3. The molecule has 1 unspecified atom stereocenters. The van der Waals surface area contributed by atoms with E-state index in [1.807, 2.05) is 12.1 Å². The fraction of sp³-hybridized carbons (Fsp3) is 0.364. The van der Waals surface area contributed by atoms with E-state index in [0.717, 1.165) is 8.66 Å². The summed E-state index contributed by atoms with van der Waals surface area (Å²) in [6.07, 6.45) is 1.72. The molecule has 0 aliphatic heterocycles. The van der Waals surface area contributed by atoms with Crippen LogP contribution >= 0.6 is 27.3 Å². The zero-order valence-electron chi connectivity index (χ0n) is 9.03. The highest BCUT2D eigenvalue weighted by atomic mass is 79.9. The molecule has 0 saturated carbocycles. The van der Waals surface area contributed by atoms with Crippen LogP contribution in [0.15, 0.2) is 28.6 Å². The first-order valence-electron chi connectivity index (χ1n) is 4.95. The van der Waals surface area contributed by atoms with Gasteiger partial charge >= 0.3 is 5.97 Å². The number of thiophene rings is 1. The van der Waals surface area contributed by atoms with E-state index in [-0.39, 0.29) is 5.97 Å². The average Bonchev–Trinajstić information content (AvgIpc) is 2.66. The van der Waals surface area contributed by atoms with Crippen molar-refractivity contribution >= 4 is 33.2 Å². The van der Waals surface area contributed by atoms with Crippen molar-refractivity contribution < 1.29 is 9.53 Å². The maximum absolute atomic E-state index is 11.7. The van der Waals surface area contributed by atoms with Gasteiger partial charge in [0, 0.05) is 11.4 Å². The molecule has 0 aliphatic carbocycles. The van der Waals surface area contributed by atoms with Crippen molar-refractivity contribution in [2.45, 2.75) is 13.0 Å². The minimum atomic E-state index is -0.408. The van der Waals surface area contributed by atoms with Crippen LogP contribution in [0.3, 0.4) is 0 Å². The summed E-state index contributed by atoms with van der Waals surface area (Å²) in [5.74, 6) is -0.251. The number of esters is 1. The molecule has 88 valence electrons. The predicted molar refractivity (Wildman–Crippen MR) is 69.6 cm³/mol. The molecule has 0 aliphatic rings. The quantitative estimate of drug-likeness (QED) is 0.649. The first kappa shape index (κ1) is 13.4. The Balaban J connectivity index is 2.77. The Kier molecular flexibility index (Phi) is 5.73. The summed E-state index contributed by atoms with van der Waals surface area (Å²) >= 11 is 4.89. The smallest absolute Gasteiger partial charge is 0.328 e. The number of carbonyl (C=O) groups is 1. The largest absolute Gasteiger partial charge is 0.465 e. The minimum absolute atomic E-state index is 0.251. The van der Waals surface area contributed by atoms with Gasteiger partial charge in [0.1, 0.15) is 6.04 Å². The summed E-state index contributed by atoms with van der Waals surface area (Å²) in [5.41, 5.74) is 0. The number of ether oxygens (including phenoxy) is 1. The highest BCUT2D eigenvalue weighted by molar-refractivity contribution is 9.11. The third-order valence-corrected chi connectivity index (χ3v) is 3.56. The SMILES string of the molecule is C=CCNC(C(=O)OCC)c1ccc(Br)s1. The van der Waals surface area contributed by atoms with E-state index in [0.29, 0.717) is 13.2 Å². The molecule has 3 nitrogen and oxygen atoms in total. The van der Waals surface area contributed by atoms with Crippen molar-refractivity contribution in [3.8, 4) is 0 Å². The second-order valence-electron chi connectivity index (χ2n) is 3.02. The van der Waals surface area contributed by atoms with Crippen LogP contribution in [0.2, 0.25) is 0 Å². The van der Waals surface area contributed by atoms with Gasteiger partial charge < -0.3 is 4.74 Å². The molecule has 0 bridgehead atoms. The molecule has 0 spiro atoms. The monoisotopic (exact) mass is 303 g/mol. The molecule has 1 rings (SSSR count). The van der Waals surface area contributed by atoms with E-state index >= 15 is 0 Å². The van der Waals surface area contributed by atoms with E-state index in [1.54, 1.807) is 13.0 Å². The normalized spacial score (nSPS) is 12.1. The van der Waals surface area contributed by atoms with Crippen LogP contribution in [0, 0.1) is 0 Å². The third kappa shape index (κ3) is 3.73. The zero-order chi connectivity index (χ0) is 12.0. The summed E-state index contributed by atoms with van der Waals surface area (Å²) in [5, 5.41) is 3.08. The highest BCUT2D eigenvalue weighted by Gasteiger charge is 2.22. The summed E-state index contributed by atoms with van der Waals surface area (Å²) in [4.78, 5) is 12.7. The lowest BCUT2D eigenvalue weighted by molar-refractivity contribution is -0.145. The van der Waals surface area contributed by atoms with Crippen LogP contribution in [0.25, 0.3) is 0 Å². The second kappa shape index (κ2) is 6.83. The van der Waals surface area contributed by atoms with Gasteiger partial charge in [0.15, 0.2) is 0 Å². The number of halogens is 1. The summed E-state index contributed by atoms with van der Waals surface area (Å²) < 4.78 is 6.02. The van der Waals surface area contributed by atoms with Crippen LogP contribution in [-0.2, 0) is 9.53 Å². The van der Waals surface area contributed by atoms with Gasteiger partial charge in [-0.15, -0.1) is 17.9 Å². The average molecular weight is 304 g/mol. The molecule has 0 saturated heterocycles. The predicted octanol–water partition coefficient (Wildman–Crippen LogP) is 2.89. The number of hydrogen-bond acceptors (Lipinski definition) is 4. The molecule has 1 aromatic rings. The molecule has 1 N–H and O–H groups in total. The second-order valence-corrected chi connectivity index (χ2v) is 5.52. The van der Waals surface area contributed by atoms with Crippen molar-refractivity contribution in [3.05, 3.63) is 33.5 Å². The van der Waals surface area contributed by atoms with Crippen molar-refractivity contribution in [3.63, 3.8) is 0 Å². The van der Waals surface area contributed by atoms with Gasteiger partial charge in [0.25, 0.3) is 0 Å². The molecule has 1 heterocycles. The molecule has 5 heteroatoms. The Labute approximate surface area is 108 Å². The Hall–Kier alpha value is -0.650. The minimum Gasteiger partial charge on any atom is -0.465 e. The number of nitrogens with one attached hydrogen (secondary N) is 1. The van der Waals surface area contributed by atoms with Gasteiger partial charge in [0.2, 0.25) is 0 Å². The first-order valence-corrected chi connectivity index (χ1v) is 6.56. The van der Waals surface area contributed by atoms with Crippen LogP contribution < -0.4 is 5.32 Å². The maximum atomic E-state index is 11.7. The summed E-state index contributed by atoms with van der Waals surface area (Å²) in [6.45, 7) is 6.37. The van der Waals surface area contributed by atoms with Crippen molar-refractivity contribution in [1.29, 1.82) is 0 Å². The third-order valence-electron chi connectivity index (χ3n) is 1.87. The molecule has 16 heavy (non-hydrogen) atoms. The summed E-state index contributed by atoms with van der Waals surface area (Å²) in [6, 6.07) is 3.42. The lowest BCUT2D eigenvalue weighted by Crippen LogP contribution is -2.29. The van der Waals surface area contributed by atoms with Gasteiger partial charge in [-0.3, -0.25) is 5.32 Å². The van der Waals surface area contributed by atoms with E-state index in [1.165, 1.54) is 11.3 Å². The van der Waals surface area contributed by atoms with Gasteiger partial charge in [-0.25, -0.2) is 4.79 Å². The molecule has 0 aromatic carbocycles. The lowest BCUT2D eigenvalue weighted by Gasteiger charge is -2.14. The maximum Gasteiger partial charge on any atom is 0.328 e. The number of rotatable bonds is 6. The van der Waals surface area contributed by atoms with Crippen LogP contribution in [0.5, 0.6) is 0 Å². The van der Waals surface area contributed by atoms with E-state index < -0.39 is 6.04 Å². The van der Waals surface area contributed by atoms with Gasteiger partial charge in [0.05, 0.1) is 10.4 Å². The molecular weight excluding hydrogens is 290 g/mol. The Morgan fingerprint density at radius 2 is 2.50 bits per heavy atom. The number of hydrogen-bond donors (Lipinski definition) is 1. The van der Waals surface area contributed by atoms with E-state index in [9.17, 15) is 4.79 Å². The van der Waals surface area contributed by atoms with Crippen LogP contribution in [-0.4, -0.2) is 19.1 Å². The zero-order valence-corrected chi connectivity index (χ0v) is 11.4. The Morgan fingerprint density at radius 3 is 3.00 bits per heavy atom.